The van der Waals surface area contributed by atoms with Crippen LogP contribution in [-0.4, -0.2) is 44.9 Å². The van der Waals surface area contributed by atoms with Gasteiger partial charge in [-0.05, 0) is 29.8 Å². The zero-order valence-electron chi connectivity index (χ0n) is 17.9. The molecule has 0 saturated heterocycles. The Balaban J connectivity index is 0.000000454. The fourth-order valence-electron chi connectivity index (χ4n) is 2.83. The SMILES string of the molecule is NCC(Cn1ncn(Cc2sc(-c3ccc4c(c3)OCO4)cc2F)c1=O)=C(F)F.O=C(O)C(F)(F)F. The molecule has 1 aromatic carbocycles. The Kier molecular flexibility index (Phi) is 8.09. The van der Waals surface area contributed by atoms with Gasteiger partial charge >= 0.3 is 17.8 Å². The average Bonchev–Trinajstić information content (AvgIpc) is 3.51. The molecule has 3 aromatic rings. The molecule has 0 amide bonds. The second-order valence-corrected chi connectivity index (χ2v) is 8.16. The van der Waals surface area contributed by atoms with Gasteiger partial charge in [-0.1, -0.05) is 0 Å². The number of carboxylic acid groups (broad SMARTS) is 1. The van der Waals surface area contributed by atoms with Crippen LogP contribution in [0.25, 0.3) is 10.4 Å². The second kappa shape index (κ2) is 10.9. The Morgan fingerprint density at radius 3 is 2.47 bits per heavy atom. The zero-order chi connectivity index (χ0) is 26.6. The second-order valence-electron chi connectivity index (χ2n) is 7.02. The van der Waals surface area contributed by atoms with E-state index in [1.165, 1.54) is 23.7 Å². The van der Waals surface area contributed by atoms with E-state index in [9.17, 15) is 31.1 Å². The van der Waals surface area contributed by atoms with Crippen LogP contribution in [0.1, 0.15) is 4.88 Å². The minimum Gasteiger partial charge on any atom is -0.475 e. The van der Waals surface area contributed by atoms with E-state index in [0.29, 0.717) is 21.3 Å². The minimum atomic E-state index is -5.08. The summed E-state index contributed by atoms with van der Waals surface area (Å²) in [6, 6.07) is 6.67. The number of alkyl halides is 3. The third kappa shape index (κ3) is 6.25. The van der Waals surface area contributed by atoms with Crippen molar-refractivity contribution in [1.82, 2.24) is 14.3 Å². The van der Waals surface area contributed by atoms with Crippen molar-refractivity contribution in [2.24, 2.45) is 5.73 Å². The smallest absolute Gasteiger partial charge is 0.475 e. The fraction of sp³-hybridized carbons (Fsp3) is 0.250. The van der Waals surface area contributed by atoms with Crippen LogP contribution in [0.5, 0.6) is 11.5 Å². The first-order chi connectivity index (χ1) is 16.9. The molecule has 3 N–H and O–H groups in total. The lowest BCUT2D eigenvalue weighted by molar-refractivity contribution is -0.192. The highest BCUT2D eigenvalue weighted by Gasteiger charge is 2.38. The van der Waals surface area contributed by atoms with Crippen molar-refractivity contribution in [1.29, 1.82) is 0 Å². The highest BCUT2D eigenvalue weighted by Crippen LogP contribution is 2.38. The summed E-state index contributed by atoms with van der Waals surface area (Å²) in [6.45, 7) is -0.733. The van der Waals surface area contributed by atoms with Crippen molar-refractivity contribution >= 4 is 17.3 Å². The summed E-state index contributed by atoms with van der Waals surface area (Å²) in [6.07, 6.45) is -5.84. The highest BCUT2D eigenvalue weighted by molar-refractivity contribution is 7.15. The van der Waals surface area contributed by atoms with E-state index in [-0.39, 0.29) is 25.5 Å². The molecule has 0 aliphatic carbocycles. The number of aromatic nitrogens is 3. The van der Waals surface area contributed by atoms with Crippen LogP contribution >= 0.6 is 11.3 Å². The van der Waals surface area contributed by atoms with Crippen LogP contribution in [-0.2, 0) is 17.9 Å². The molecule has 0 saturated carbocycles. The van der Waals surface area contributed by atoms with E-state index >= 15 is 0 Å². The third-order valence-electron chi connectivity index (χ3n) is 4.62. The van der Waals surface area contributed by atoms with Gasteiger partial charge in [0.2, 0.25) is 6.79 Å². The molecule has 3 heterocycles. The molecule has 1 aliphatic rings. The van der Waals surface area contributed by atoms with Gasteiger partial charge in [-0.15, -0.1) is 11.3 Å². The number of carbonyl (C=O) groups is 1. The molecule has 1 aliphatic heterocycles. The van der Waals surface area contributed by atoms with Gasteiger partial charge in [-0.2, -0.15) is 27.1 Å². The number of benzene rings is 1. The molecule has 9 nitrogen and oxygen atoms in total. The first-order valence-corrected chi connectivity index (χ1v) is 10.6. The Morgan fingerprint density at radius 1 is 1.19 bits per heavy atom. The molecular formula is C20H16F6N4O5S. The molecular weight excluding hydrogens is 522 g/mol. The average molecular weight is 538 g/mol. The van der Waals surface area contributed by atoms with Crippen LogP contribution < -0.4 is 20.9 Å². The van der Waals surface area contributed by atoms with Crippen LogP contribution in [0.3, 0.4) is 0 Å². The van der Waals surface area contributed by atoms with Crippen LogP contribution in [0.4, 0.5) is 26.3 Å². The van der Waals surface area contributed by atoms with Gasteiger partial charge < -0.3 is 20.3 Å². The molecule has 0 atom stereocenters. The maximum atomic E-state index is 14.5. The predicted octanol–water partition coefficient (Wildman–Crippen LogP) is 3.43. The van der Waals surface area contributed by atoms with E-state index in [1.807, 2.05) is 0 Å². The molecule has 36 heavy (non-hydrogen) atoms. The van der Waals surface area contributed by atoms with Crippen LogP contribution in [0.15, 0.2) is 47.0 Å². The van der Waals surface area contributed by atoms with Gasteiger partial charge in [0.15, 0.2) is 11.5 Å². The van der Waals surface area contributed by atoms with Gasteiger partial charge in [0.25, 0.3) is 6.08 Å². The van der Waals surface area contributed by atoms with Gasteiger partial charge in [0, 0.05) is 17.0 Å². The molecule has 0 spiro atoms. The number of halogens is 6. The van der Waals surface area contributed by atoms with Crippen molar-refractivity contribution in [3.8, 4) is 21.9 Å². The van der Waals surface area contributed by atoms with Gasteiger partial charge in [-0.25, -0.2) is 18.7 Å². The monoisotopic (exact) mass is 538 g/mol. The van der Waals surface area contributed by atoms with Crippen molar-refractivity contribution in [3.05, 3.63) is 63.4 Å². The molecule has 2 aromatic heterocycles. The largest absolute Gasteiger partial charge is 0.490 e. The number of ether oxygens (including phenoxy) is 2. The van der Waals surface area contributed by atoms with E-state index in [0.717, 1.165) is 14.8 Å². The van der Waals surface area contributed by atoms with Crippen molar-refractivity contribution < 1.29 is 45.7 Å². The molecule has 0 fully saturated rings. The van der Waals surface area contributed by atoms with Crippen LogP contribution in [0, 0.1) is 5.82 Å². The van der Waals surface area contributed by atoms with E-state index < -0.39 is 36.3 Å². The molecule has 16 heteroatoms. The highest BCUT2D eigenvalue weighted by atomic mass is 32.1. The van der Waals surface area contributed by atoms with Crippen LogP contribution in [0.2, 0.25) is 0 Å². The standard InChI is InChI=1S/C18H15F3N4O3S.C2HF3O2/c19-12-4-15(10-1-2-13-14(3-10)28-9-27-13)29-16(12)7-24-8-23-25(18(24)26)6-11(5-22)17(20)21;3-2(4,5)1(6)7/h1-4,8H,5-7,9,22H2;(H,6,7). The normalized spacial score (nSPS) is 12.2. The molecule has 0 radical (unpaired) electrons. The van der Waals surface area contributed by atoms with Crippen molar-refractivity contribution in [2.45, 2.75) is 19.3 Å². The van der Waals surface area contributed by atoms with Gasteiger partial charge in [-0.3, -0.25) is 4.57 Å². The number of nitrogens with two attached hydrogens (primary N) is 1. The van der Waals surface area contributed by atoms with E-state index in [1.54, 1.807) is 18.2 Å². The third-order valence-corrected chi connectivity index (χ3v) is 5.77. The number of hydrogen-bond donors (Lipinski definition) is 2. The first-order valence-electron chi connectivity index (χ1n) is 9.74. The quantitative estimate of drug-likeness (QED) is 0.462. The maximum Gasteiger partial charge on any atom is 0.490 e. The lowest BCUT2D eigenvalue weighted by Gasteiger charge is -2.02. The number of fused-ring (bicyclic) bond motifs is 1. The first kappa shape index (κ1) is 26.8. The van der Waals surface area contributed by atoms with Crippen molar-refractivity contribution in [2.75, 3.05) is 13.3 Å². The molecule has 4 rings (SSSR count). The van der Waals surface area contributed by atoms with E-state index in [4.69, 9.17) is 25.1 Å². The Morgan fingerprint density at radius 2 is 1.86 bits per heavy atom. The Bertz CT molecular complexity index is 1340. The number of rotatable bonds is 6. The molecule has 194 valence electrons. The summed E-state index contributed by atoms with van der Waals surface area (Å²) in [7, 11) is 0. The number of aliphatic carboxylic acids is 1. The lowest BCUT2D eigenvalue weighted by Crippen LogP contribution is -2.27. The van der Waals surface area contributed by atoms with Gasteiger partial charge in [0.1, 0.15) is 12.1 Å². The summed E-state index contributed by atoms with van der Waals surface area (Å²) >= 11 is 1.18. The number of thiophene rings is 1. The lowest BCUT2D eigenvalue weighted by atomic mass is 10.1. The summed E-state index contributed by atoms with van der Waals surface area (Å²) in [5, 5.41) is 10.9. The topological polar surface area (TPSA) is 122 Å². The molecule has 0 unspecified atom stereocenters. The zero-order valence-corrected chi connectivity index (χ0v) is 18.7. The summed E-state index contributed by atoms with van der Waals surface area (Å²) in [5.74, 6) is -2.02. The number of nitrogens with zero attached hydrogens (tertiary/aromatic N) is 3. The summed E-state index contributed by atoms with van der Waals surface area (Å²) in [5.41, 5.74) is 5.00. The summed E-state index contributed by atoms with van der Waals surface area (Å²) in [4.78, 5) is 22.2. The number of carboxylic acids is 1. The Labute approximate surface area is 201 Å². The Hall–Kier alpha value is -3.79. The van der Waals surface area contributed by atoms with Gasteiger partial charge in [0.05, 0.1) is 18.0 Å². The summed E-state index contributed by atoms with van der Waals surface area (Å²) < 4.78 is 84.3. The van der Waals surface area contributed by atoms with Crippen molar-refractivity contribution in [3.63, 3.8) is 0 Å². The predicted molar refractivity (Wildman–Crippen MR) is 113 cm³/mol. The maximum absolute atomic E-state index is 14.5. The fourth-order valence-corrected chi connectivity index (χ4v) is 3.86. The number of hydrogen-bond acceptors (Lipinski definition) is 7. The molecule has 0 bridgehead atoms. The minimum absolute atomic E-state index is 0.0698. The van der Waals surface area contributed by atoms with E-state index in [2.05, 4.69) is 5.10 Å².